The zero-order valence-corrected chi connectivity index (χ0v) is 21.6. The number of aryl methyl sites for hydroxylation is 2. The number of hydrogen-bond acceptors (Lipinski definition) is 0. The van der Waals surface area contributed by atoms with Gasteiger partial charge in [-0.25, -0.2) is 4.57 Å². The Hall–Kier alpha value is -3.23. The van der Waals surface area contributed by atoms with E-state index in [-0.39, 0.29) is 5.92 Å². The minimum absolute atomic E-state index is 0.289. The molecule has 0 N–H and O–H groups in total. The normalized spacial score (nSPS) is 18.1. The highest BCUT2D eigenvalue weighted by Gasteiger charge is 2.44. The van der Waals surface area contributed by atoms with Gasteiger partial charge in [0.2, 0.25) is 5.52 Å². The SMILES string of the molecule is Cc1cccc2c3c(c4cc([Si](C)(C)C)c[n+](C)c4c12)C1c2ccccc2C3c2ccccc21. The van der Waals surface area contributed by atoms with E-state index in [4.69, 9.17) is 0 Å². The van der Waals surface area contributed by atoms with Crippen molar-refractivity contribution in [2.75, 3.05) is 0 Å². The number of aromatic nitrogens is 1. The standard InChI is InChI=1S/C32H30NSi/c1-19-11-10-16-25-27(19)32-26(17-20(18-33(32)2)34(3,4)5)31-29-23-14-8-6-12-21(23)28(30(25)31)22-13-7-9-15-24(22)29/h6-18,28-29H,1-5H3/q+1. The van der Waals surface area contributed by atoms with Crippen LogP contribution in [0.25, 0.3) is 21.7 Å². The lowest BCUT2D eigenvalue weighted by molar-refractivity contribution is -0.643. The van der Waals surface area contributed by atoms with Crippen molar-refractivity contribution in [3.8, 4) is 0 Å². The predicted octanol–water partition coefficient (Wildman–Crippen LogP) is 6.66. The molecule has 5 aromatic rings. The van der Waals surface area contributed by atoms with Crippen molar-refractivity contribution < 1.29 is 4.57 Å². The molecule has 3 aliphatic rings. The van der Waals surface area contributed by atoms with E-state index in [0.29, 0.717) is 5.92 Å². The molecular weight excluding hydrogens is 426 g/mol. The lowest BCUT2D eigenvalue weighted by Crippen LogP contribution is -2.45. The Balaban J connectivity index is 1.75. The van der Waals surface area contributed by atoms with E-state index in [0.717, 1.165) is 0 Å². The van der Waals surface area contributed by atoms with E-state index in [2.05, 4.69) is 117 Å². The van der Waals surface area contributed by atoms with Crippen LogP contribution in [0.5, 0.6) is 0 Å². The van der Waals surface area contributed by atoms with Gasteiger partial charge in [0.25, 0.3) is 0 Å². The minimum Gasteiger partial charge on any atom is -0.201 e. The highest BCUT2D eigenvalue weighted by atomic mass is 28.3. The van der Waals surface area contributed by atoms with Crippen LogP contribution in [0.4, 0.5) is 0 Å². The first-order valence-electron chi connectivity index (χ1n) is 12.4. The third kappa shape index (κ3) is 2.47. The van der Waals surface area contributed by atoms with Gasteiger partial charge < -0.3 is 0 Å². The lowest BCUT2D eigenvalue weighted by Gasteiger charge is -2.43. The maximum atomic E-state index is 2.57. The van der Waals surface area contributed by atoms with Crippen molar-refractivity contribution in [2.45, 2.75) is 38.4 Å². The average molecular weight is 457 g/mol. The minimum atomic E-state index is -1.49. The van der Waals surface area contributed by atoms with Crippen LogP contribution in [0.2, 0.25) is 19.6 Å². The fourth-order valence-electron chi connectivity index (χ4n) is 6.80. The smallest absolute Gasteiger partial charge is 0.201 e. The van der Waals surface area contributed by atoms with Gasteiger partial charge in [-0.05, 0) is 57.3 Å². The summed E-state index contributed by atoms with van der Waals surface area (Å²) in [4.78, 5) is 0. The molecule has 0 amide bonds. The van der Waals surface area contributed by atoms with Gasteiger partial charge in [-0.3, -0.25) is 0 Å². The Morgan fingerprint density at radius 3 is 1.74 bits per heavy atom. The highest BCUT2D eigenvalue weighted by Crippen LogP contribution is 2.58. The average Bonchev–Trinajstić information content (AvgIpc) is 2.83. The van der Waals surface area contributed by atoms with E-state index in [1.54, 1.807) is 11.1 Å². The van der Waals surface area contributed by atoms with Crippen LogP contribution in [0.3, 0.4) is 0 Å². The summed E-state index contributed by atoms with van der Waals surface area (Å²) < 4.78 is 2.43. The molecule has 1 aromatic heterocycles. The summed E-state index contributed by atoms with van der Waals surface area (Å²) in [6.07, 6.45) is 2.41. The van der Waals surface area contributed by atoms with Crippen molar-refractivity contribution in [2.24, 2.45) is 7.05 Å². The van der Waals surface area contributed by atoms with Gasteiger partial charge in [-0.15, -0.1) is 0 Å². The van der Waals surface area contributed by atoms with E-state index in [1.165, 1.54) is 54.7 Å². The third-order valence-corrected chi connectivity index (χ3v) is 10.3. The summed E-state index contributed by atoms with van der Waals surface area (Å²) >= 11 is 0. The first kappa shape index (κ1) is 20.2. The van der Waals surface area contributed by atoms with Crippen LogP contribution in [-0.4, -0.2) is 8.07 Å². The van der Waals surface area contributed by atoms with Crippen LogP contribution in [-0.2, 0) is 7.05 Å². The van der Waals surface area contributed by atoms with Gasteiger partial charge in [0, 0.05) is 17.0 Å². The van der Waals surface area contributed by atoms with E-state index in [9.17, 15) is 0 Å². The number of rotatable bonds is 1. The molecule has 0 unspecified atom stereocenters. The molecule has 34 heavy (non-hydrogen) atoms. The van der Waals surface area contributed by atoms with Gasteiger partial charge in [0.1, 0.15) is 7.05 Å². The molecule has 0 spiro atoms. The Labute approximate surface area is 202 Å². The quantitative estimate of drug-likeness (QED) is 0.148. The summed E-state index contributed by atoms with van der Waals surface area (Å²) in [6, 6.07) is 27.9. The summed E-state index contributed by atoms with van der Waals surface area (Å²) in [7, 11) is 0.764. The van der Waals surface area contributed by atoms with Crippen LogP contribution in [0.15, 0.2) is 79.0 Å². The van der Waals surface area contributed by atoms with Gasteiger partial charge >= 0.3 is 0 Å². The van der Waals surface area contributed by atoms with E-state index >= 15 is 0 Å². The third-order valence-electron chi connectivity index (χ3n) is 8.30. The van der Waals surface area contributed by atoms with Crippen molar-refractivity contribution in [1.29, 1.82) is 0 Å². The van der Waals surface area contributed by atoms with Gasteiger partial charge in [0.15, 0.2) is 6.20 Å². The second-order valence-corrected chi connectivity index (χ2v) is 16.4. The summed E-state index contributed by atoms with van der Waals surface area (Å²) in [5.41, 5.74) is 11.8. The molecule has 0 aliphatic heterocycles. The van der Waals surface area contributed by atoms with Gasteiger partial charge in [0.05, 0.1) is 18.8 Å². The molecule has 0 atom stereocenters. The molecule has 0 saturated heterocycles. The van der Waals surface area contributed by atoms with Gasteiger partial charge in [-0.2, -0.15) is 0 Å². The van der Waals surface area contributed by atoms with Gasteiger partial charge in [-0.1, -0.05) is 86.4 Å². The molecule has 3 aliphatic carbocycles. The number of fused-ring (bicyclic) bond motifs is 3. The molecular formula is C32H30NSi+. The first-order chi connectivity index (χ1) is 16.4. The Kier molecular flexibility index (Phi) is 3.96. The molecule has 0 saturated carbocycles. The molecule has 0 fully saturated rings. The monoisotopic (exact) mass is 456 g/mol. The zero-order valence-electron chi connectivity index (χ0n) is 20.6. The number of hydrogen-bond donors (Lipinski definition) is 0. The Bertz CT molecular complexity index is 1620. The molecule has 0 radical (unpaired) electrons. The molecule has 1 nitrogen and oxygen atoms in total. The first-order valence-corrected chi connectivity index (χ1v) is 15.9. The van der Waals surface area contributed by atoms with E-state index in [1.807, 2.05) is 0 Å². The molecule has 8 rings (SSSR count). The Morgan fingerprint density at radius 1 is 0.676 bits per heavy atom. The zero-order chi connectivity index (χ0) is 23.4. The molecule has 4 aromatic carbocycles. The maximum absolute atomic E-state index is 2.57. The number of nitrogens with zero attached hydrogens (tertiary/aromatic N) is 1. The van der Waals surface area contributed by atoms with Crippen LogP contribution < -0.4 is 9.75 Å². The second kappa shape index (κ2) is 6.67. The topological polar surface area (TPSA) is 3.88 Å². The van der Waals surface area contributed by atoms with Crippen molar-refractivity contribution in [3.05, 3.63) is 118 Å². The predicted molar refractivity (Wildman–Crippen MR) is 145 cm³/mol. The summed E-state index contributed by atoms with van der Waals surface area (Å²) in [5, 5.41) is 5.83. The van der Waals surface area contributed by atoms with Crippen molar-refractivity contribution in [1.82, 2.24) is 0 Å². The molecule has 1 heterocycles. The summed E-state index contributed by atoms with van der Waals surface area (Å²) in [5.74, 6) is 0.582. The van der Waals surface area contributed by atoms with Crippen LogP contribution in [0.1, 0.15) is 50.8 Å². The van der Waals surface area contributed by atoms with E-state index < -0.39 is 8.07 Å². The van der Waals surface area contributed by atoms with Crippen LogP contribution >= 0.6 is 0 Å². The lowest BCUT2D eigenvalue weighted by atomic mass is 9.59. The fraction of sp³-hybridized carbons (Fsp3) is 0.219. The fourth-order valence-corrected chi connectivity index (χ4v) is 7.96. The number of benzene rings is 4. The molecule has 2 bridgehead atoms. The van der Waals surface area contributed by atoms with Crippen molar-refractivity contribution >= 4 is 34.9 Å². The molecule has 166 valence electrons. The van der Waals surface area contributed by atoms with Crippen LogP contribution in [0, 0.1) is 6.92 Å². The highest BCUT2D eigenvalue weighted by molar-refractivity contribution is 6.88. The molecule has 2 heteroatoms. The van der Waals surface area contributed by atoms with Crippen molar-refractivity contribution in [3.63, 3.8) is 0 Å². The second-order valence-electron chi connectivity index (χ2n) is 11.3. The number of pyridine rings is 1. The Morgan fingerprint density at radius 2 is 1.21 bits per heavy atom. The largest absolute Gasteiger partial charge is 0.220 e. The maximum Gasteiger partial charge on any atom is 0.220 e. The summed E-state index contributed by atoms with van der Waals surface area (Å²) in [6.45, 7) is 9.67.